The molecule has 2 heterocycles. The Morgan fingerprint density at radius 2 is 2.28 bits per heavy atom. The van der Waals surface area contributed by atoms with Crippen molar-refractivity contribution in [1.82, 2.24) is 14.9 Å². The molecule has 0 radical (unpaired) electrons. The van der Waals surface area contributed by atoms with Gasteiger partial charge in [0.15, 0.2) is 0 Å². The zero-order valence-corrected chi connectivity index (χ0v) is 10.7. The third kappa shape index (κ3) is 1.73. The Morgan fingerprint density at radius 3 is 2.78 bits per heavy atom. The van der Waals surface area contributed by atoms with Crippen LogP contribution in [0.3, 0.4) is 0 Å². The molecule has 3 rings (SSSR count). The van der Waals surface area contributed by atoms with Crippen LogP contribution in [0.5, 0.6) is 0 Å². The van der Waals surface area contributed by atoms with Crippen LogP contribution in [0.15, 0.2) is 12.5 Å². The Bertz CT molecular complexity index is 419. The molecular formula is C13H19N3O2. The first kappa shape index (κ1) is 11.7. The maximum Gasteiger partial charge on any atom is 0.271 e. The summed E-state index contributed by atoms with van der Waals surface area (Å²) in [5, 5.41) is 0. The lowest BCUT2D eigenvalue weighted by Gasteiger charge is -2.53. The number of aromatic amines is 1. The number of ether oxygens (including phenoxy) is 1. The monoisotopic (exact) mass is 249 g/mol. The van der Waals surface area contributed by atoms with Crippen LogP contribution in [-0.4, -0.2) is 47.1 Å². The number of rotatable bonds is 2. The van der Waals surface area contributed by atoms with Crippen molar-refractivity contribution >= 4 is 5.91 Å². The standard InChI is InChI=1S/C13H19N3O2/c1-18-11-2-3-13(11)4-6-16(7-5-13)12(17)10-8-14-9-15-10/h8-9,11H,2-7H2,1H3,(H,14,15). The first-order chi connectivity index (χ1) is 8.75. The molecule has 1 aliphatic carbocycles. The van der Waals surface area contributed by atoms with Crippen LogP contribution in [0.4, 0.5) is 0 Å². The van der Waals surface area contributed by atoms with E-state index in [4.69, 9.17) is 4.74 Å². The van der Waals surface area contributed by atoms with Crippen molar-refractivity contribution in [3.05, 3.63) is 18.2 Å². The quantitative estimate of drug-likeness (QED) is 0.863. The number of hydrogen-bond acceptors (Lipinski definition) is 3. The number of likely N-dealkylation sites (tertiary alicyclic amines) is 1. The second-order valence-corrected chi connectivity index (χ2v) is 5.38. The number of hydrogen-bond donors (Lipinski definition) is 1. The fraction of sp³-hybridized carbons (Fsp3) is 0.692. The van der Waals surface area contributed by atoms with Crippen molar-refractivity contribution in [2.75, 3.05) is 20.2 Å². The molecule has 2 aliphatic rings. The Hall–Kier alpha value is -1.36. The summed E-state index contributed by atoms with van der Waals surface area (Å²) in [6.07, 6.45) is 8.08. The topological polar surface area (TPSA) is 58.2 Å². The molecule has 1 aliphatic heterocycles. The first-order valence-electron chi connectivity index (χ1n) is 6.56. The van der Waals surface area contributed by atoms with E-state index in [1.165, 1.54) is 12.8 Å². The van der Waals surface area contributed by atoms with E-state index >= 15 is 0 Å². The van der Waals surface area contributed by atoms with E-state index in [-0.39, 0.29) is 5.91 Å². The van der Waals surface area contributed by atoms with Crippen LogP contribution in [0.1, 0.15) is 36.2 Å². The second kappa shape index (κ2) is 4.39. The van der Waals surface area contributed by atoms with Gasteiger partial charge in [-0.3, -0.25) is 4.79 Å². The smallest absolute Gasteiger partial charge is 0.271 e. The number of nitrogens with zero attached hydrogens (tertiary/aromatic N) is 2. The van der Waals surface area contributed by atoms with Crippen molar-refractivity contribution < 1.29 is 9.53 Å². The zero-order valence-electron chi connectivity index (χ0n) is 10.7. The molecule has 5 heteroatoms. The minimum atomic E-state index is 0.0654. The molecule has 1 saturated heterocycles. The average Bonchev–Trinajstić information content (AvgIpc) is 2.91. The summed E-state index contributed by atoms with van der Waals surface area (Å²) in [6, 6.07) is 0. The molecular weight excluding hydrogens is 230 g/mol. The van der Waals surface area contributed by atoms with Crippen LogP contribution in [0.2, 0.25) is 0 Å². The number of carbonyl (C=O) groups is 1. The fourth-order valence-corrected chi connectivity index (χ4v) is 3.31. The van der Waals surface area contributed by atoms with Gasteiger partial charge in [0.2, 0.25) is 0 Å². The summed E-state index contributed by atoms with van der Waals surface area (Å²) < 4.78 is 5.53. The van der Waals surface area contributed by atoms with E-state index in [2.05, 4.69) is 9.97 Å². The van der Waals surface area contributed by atoms with Crippen molar-refractivity contribution in [1.29, 1.82) is 0 Å². The average molecular weight is 249 g/mol. The Kier molecular flexibility index (Phi) is 2.86. The summed E-state index contributed by atoms with van der Waals surface area (Å²) in [4.78, 5) is 20.8. The molecule has 0 aromatic carbocycles. The van der Waals surface area contributed by atoms with Crippen LogP contribution >= 0.6 is 0 Å². The van der Waals surface area contributed by atoms with E-state index in [9.17, 15) is 4.79 Å². The van der Waals surface area contributed by atoms with Crippen molar-refractivity contribution in [2.24, 2.45) is 5.41 Å². The van der Waals surface area contributed by atoms with Crippen LogP contribution in [0, 0.1) is 5.41 Å². The molecule has 1 amide bonds. The van der Waals surface area contributed by atoms with E-state index in [1.807, 2.05) is 4.90 Å². The highest BCUT2D eigenvalue weighted by Crippen LogP contribution is 2.50. The summed E-state index contributed by atoms with van der Waals surface area (Å²) in [5.74, 6) is 0.0654. The van der Waals surface area contributed by atoms with Crippen molar-refractivity contribution in [3.8, 4) is 0 Å². The van der Waals surface area contributed by atoms with Crippen LogP contribution in [0.25, 0.3) is 0 Å². The third-order valence-corrected chi connectivity index (χ3v) is 4.65. The molecule has 98 valence electrons. The van der Waals surface area contributed by atoms with Gasteiger partial charge in [-0.1, -0.05) is 0 Å². The number of piperidine rings is 1. The van der Waals surface area contributed by atoms with Crippen molar-refractivity contribution in [3.63, 3.8) is 0 Å². The molecule has 1 aromatic heterocycles. The molecule has 1 unspecified atom stereocenters. The molecule has 18 heavy (non-hydrogen) atoms. The summed E-state index contributed by atoms with van der Waals surface area (Å²) in [7, 11) is 1.80. The number of nitrogens with one attached hydrogen (secondary N) is 1. The predicted octanol–water partition coefficient (Wildman–Crippen LogP) is 1.44. The van der Waals surface area contributed by atoms with Gasteiger partial charge in [-0.2, -0.15) is 0 Å². The van der Waals surface area contributed by atoms with Gasteiger partial charge in [0.05, 0.1) is 18.6 Å². The van der Waals surface area contributed by atoms with Gasteiger partial charge >= 0.3 is 0 Å². The van der Waals surface area contributed by atoms with Crippen LogP contribution in [-0.2, 0) is 4.74 Å². The maximum atomic E-state index is 12.2. The molecule has 1 atom stereocenters. The van der Waals surface area contributed by atoms with Gasteiger partial charge in [-0.05, 0) is 25.7 Å². The highest BCUT2D eigenvalue weighted by molar-refractivity contribution is 5.92. The number of amides is 1. The summed E-state index contributed by atoms with van der Waals surface area (Å²) in [6.45, 7) is 1.66. The molecule has 1 spiro atoms. The minimum Gasteiger partial charge on any atom is -0.381 e. The lowest BCUT2D eigenvalue weighted by Crippen LogP contribution is -2.53. The molecule has 1 saturated carbocycles. The molecule has 2 fully saturated rings. The predicted molar refractivity (Wildman–Crippen MR) is 66.2 cm³/mol. The fourth-order valence-electron chi connectivity index (χ4n) is 3.31. The normalized spacial score (nSPS) is 26.1. The van der Waals surface area contributed by atoms with E-state index < -0.39 is 0 Å². The van der Waals surface area contributed by atoms with E-state index in [0.717, 1.165) is 25.9 Å². The molecule has 5 nitrogen and oxygen atoms in total. The number of imidazole rings is 1. The summed E-state index contributed by atoms with van der Waals surface area (Å²) >= 11 is 0. The van der Waals surface area contributed by atoms with Gasteiger partial charge in [-0.15, -0.1) is 0 Å². The lowest BCUT2D eigenvalue weighted by atomic mass is 9.61. The van der Waals surface area contributed by atoms with E-state index in [0.29, 0.717) is 17.2 Å². The first-order valence-corrected chi connectivity index (χ1v) is 6.56. The Balaban J connectivity index is 1.62. The lowest BCUT2D eigenvalue weighted by molar-refractivity contribution is -0.116. The Morgan fingerprint density at radius 1 is 1.50 bits per heavy atom. The molecule has 1 aromatic rings. The highest BCUT2D eigenvalue weighted by Gasteiger charge is 2.49. The van der Waals surface area contributed by atoms with Gasteiger partial charge < -0.3 is 14.6 Å². The molecule has 1 N–H and O–H groups in total. The SMILES string of the molecule is COC1CCC12CCN(C(=O)c1cnc[nH]1)CC2. The number of methoxy groups -OCH3 is 1. The van der Waals surface area contributed by atoms with Crippen LogP contribution < -0.4 is 0 Å². The number of carbonyl (C=O) groups excluding carboxylic acids is 1. The maximum absolute atomic E-state index is 12.2. The highest BCUT2D eigenvalue weighted by atomic mass is 16.5. The van der Waals surface area contributed by atoms with Gasteiger partial charge in [0.1, 0.15) is 5.69 Å². The van der Waals surface area contributed by atoms with Crippen molar-refractivity contribution in [2.45, 2.75) is 31.8 Å². The largest absolute Gasteiger partial charge is 0.381 e. The van der Waals surface area contributed by atoms with Gasteiger partial charge in [0, 0.05) is 25.6 Å². The Labute approximate surface area is 107 Å². The van der Waals surface area contributed by atoms with Gasteiger partial charge in [-0.25, -0.2) is 4.98 Å². The van der Waals surface area contributed by atoms with Gasteiger partial charge in [0.25, 0.3) is 5.91 Å². The zero-order chi connectivity index (χ0) is 12.6. The number of H-pyrrole nitrogens is 1. The second-order valence-electron chi connectivity index (χ2n) is 5.38. The van der Waals surface area contributed by atoms with E-state index in [1.54, 1.807) is 19.6 Å². The third-order valence-electron chi connectivity index (χ3n) is 4.65. The summed E-state index contributed by atoms with van der Waals surface area (Å²) in [5.41, 5.74) is 0.933. The number of aromatic nitrogens is 2. The minimum absolute atomic E-state index is 0.0654. The molecule has 0 bridgehead atoms.